The number of amidine groups is 1. The van der Waals surface area contributed by atoms with E-state index in [-0.39, 0.29) is 23.6 Å². The summed E-state index contributed by atoms with van der Waals surface area (Å²) in [5, 5.41) is 2.07. The number of hydrogen-bond donors (Lipinski definition) is 0. The van der Waals surface area contributed by atoms with E-state index >= 15 is 0 Å². The zero-order valence-electron chi connectivity index (χ0n) is 14.6. The number of sulfone groups is 1. The van der Waals surface area contributed by atoms with E-state index in [1.807, 2.05) is 43.3 Å². The van der Waals surface area contributed by atoms with Gasteiger partial charge in [-0.15, -0.1) is 0 Å². The van der Waals surface area contributed by atoms with Gasteiger partial charge in [0.2, 0.25) is 0 Å². The highest BCUT2D eigenvalue weighted by Gasteiger charge is 2.47. The van der Waals surface area contributed by atoms with Crippen LogP contribution in [0, 0.1) is 6.92 Å². The lowest BCUT2D eigenvalue weighted by Gasteiger charge is -2.26. The Bertz CT molecular complexity index is 1010. The van der Waals surface area contributed by atoms with Gasteiger partial charge in [0, 0.05) is 21.5 Å². The summed E-state index contributed by atoms with van der Waals surface area (Å²) in [5.74, 6) is 0.899. The predicted octanol–water partition coefficient (Wildman–Crippen LogP) is 4.58. The van der Waals surface area contributed by atoms with Gasteiger partial charge in [0.1, 0.15) is 0 Å². The molecule has 2 aromatic rings. The maximum absolute atomic E-state index is 12.1. The van der Waals surface area contributed by atoms with Crippen LogP contribution in [0.3, 0.4) is 0 Å². The zero-order chi connectivity index (χ0) is 19.2. The minimum atomic E-state index is -3.05. The zero-order valence-corrected chi connectivity index (χ0v) is 17.7. The predicted molar refractivity (Wildman–Crippen MR) is 115 cm³/mol. The molecule has 0 saturated carbocycles. The molecule has 0 bridgehead atoms. The molecule has 4 nitrogen and oxygen atoms in total. The van der Waals surface area contributed by atoms with Crippen LogP contribution in [0.15, 0.2) is 47.5 Å². The standard InChI is InChI=1S/C19H18Cl2N2O2S2/c1-12-2-6-15(7-3-12)23-18-11-27(24,25)10-17(18)22-19(23)26-9-13-4-5-14(20)8-16(13)21/h2-8,17-18H,9-11H2,1H3/t17-,18-/m0/s1. The molecule has 0 unspecified atom stereocenters. The summed E-state index contributed by atoms with van der Waals surface area (Å²) >= 11 is 13.8. The van der Waals surface area contributed by atoms with Gasteiger partial charge in [-0.1, -0.05) is 58.7 Å². The van der Waals surface area contributed by atoms with E-state index in [2.05, 4.69) is 4.90 Å². The molecule has 0 radical (unpaired) electrons. The molecule has 2 atom stereocenters. The summed E-state index contributed by atoms with van der Waals surface area (Å²) in [6, 6.07) is 13.2. The van der Waals surface area contributed by atoms with Crippen LogP contribution >= 0.6 is 35.0 Å². The molecule has 1 fully saturated rings. The molecule has 2 aromatic carbocycles. The van der Waals surface area contributed by atoms with Crippen molar-refractivity contribution in [2.45, 2.75) is 24.8 Å². The highest BCUT2D eigenvalue weighted by Crippen LogP contribution is 2.36. The fraction of sp³-hybridized carbons (Fsp3) is 0.316. The summed E-state index contributed by atoms with van der Waals surface area (Å²) in [4.78, 5) is 6.82. The lowest BCUT2D eigenvalue weighted by atomic mass is 10.1. The molecule has 27 heavy (non-hydrogen) atoms. The number of thioether (sulfide) groups is 1. The van der Waals surface area contributed by atoms with Crippen molar-refractivity contribution in [1.29, 1.82) is 0 Å². The topological polar surface area (TPSA) is 49.7 Å². The average molecular weight is 441 g/mol. The number of hydrogen-bond acceptors (Lipinski definition) is 5. The summed E-state index contributed by atoms with van der Waals surface area (Å²) < 4.78 is 24.2. The first-order valence-electron chi connectivity index (χ1n) is 8.53. The Morgan fingerprint density at radius 1 is 1.15 bits per heavy atom. The highest BCUT2D eigenvalue weighted by molar-refractivity contribution is 8.13. The van der Waals surface area contributed by atoms with E-state index in [1.54, 1.807) is 17.8 Å². The first kappa shape index (κ1) is 19.1. The maximum Gasteiger partial charge on any atom is 0.164 e. The van der Waals surface area contributed by atoms with Crippen molar-refractivity contribution in [3.8, 4) is 0 Å². The fourth-order valence-corrected chi connectivity index (χ4v) is 6.95. The second-order valence-corrected chi connectivity index (χ2v) is 10.8. The van der Waals surface area contributed by atoms with Crippen molar-refractivity contribution in [2.75, 3.05) is 16.4 Å². The molecule has 0 N–H and O–H groups in total. The number of benzene rings is 2. The summed E-state index contributed by atoms with van der Waals surface area (Å²) in [5.41, 5.74) is 3.11. The van der Waals surface area contributed by atoms with Crippen molar-refractivity contribution in [1.82, 2.24) is 0 Å². The van der Waals surface area contributed by atoms with Gasteiger partial charge in [0.15, 0.2) is 15.0 Å². The molecule has 4 rings (SSSR count). The number of halogens is 2. The normalized spacial score (nSPS) is 23.4. The second-order valence-electron chi connectivity index (χ2n) is 6.85. The van der Waals surface area contributed by atoms with E-state index in [4.69, 9.17) is 28.2 Å². The van der Waals surface area contributed by atoms with Crippen LogP contribution in [0.25, 0.3) is 0 Å². The first-order valence-corrected chi connectivity index (χ1v) is 12.1. The number of aryl methyl sites for hydroxylation is 1. The van der Waals surface area contributed by atoms with E-state index in [0.29, 0.717) is 15.8 Å². The quantitative estimate of drug-likeness (QED) is 0.700. The lowest BCUT2D eigenvalue weighted by molar-refractivity contribution is 0.601. The highest BCUT2D eigenvalue weighted by atomic mass is 35.5. The number of nitrogens with zero attached hydrogens (tertiary/aromatic N) is 2. The van der Waals surface area contributed by atoms with Crippen LogP contribution in [-0.2, 0) is 15.6 Å². The molecule has 0 aliphatic carbocycles. The molecule has 1 saturated heterocycles. The van der Waals surface area contributed by atoms with Crippen LogP contribution in [0.4, 0.5) is 5.69 Å². The van der Waals surface area contributed by atoms with Gasteiger partial charge in [-0.25, -0.2) is 8.42 Å². The van der Waals surface area contributed by atoms with Crippen LogP contribution in [0.2, 0.25) is 10.0 Å². The third-order valence-corrected chi connectivity index (χ3v) is 8.09. The van der Waals surface area contributed by atoms with Gasteiger partial charge < -0.3 is 4.90 Å². The smallest absolute Gasteiger partial charge is 0.164 e. The molecule has 142 valence electrons. The fourth-order valence-electron chi connectivity index (χ4n) is 3.42. The maximum atomic E-state index is 12.1. The van der Waals surface area contributed by atoms with Crippen molar-refractivity contribution < 1.29 is 8.42 Å². The molecule has 8 heteroatoms. The van der Waals surface area contributed by atoms with E-state index in [0.717, 1.165) is 22.0 Å². The van der Waals surface area contributed by atoms with Gasteiger partial charge >= 0.3 is 0 Å². The van der Waals surface area contributed by atoms with Crippen molar-refractivity contribution in [3.05, 3.63) is 63.6 Å². The van der Waals surface area contributed by atoms with E-state index in [1.165, 1.54) is 0 Å². The number of rotatable bonds is 3. The Hall–Kier alpha value is -1.21. The number of aliphatic imine (C=N–C) groups is 1. The van der Waals surface area contributed by atoms with Crippen LogP contribution in [-0.4, -0.2) is 37.2 Å². The third-order valence-electron chi connectivity index (χ3n) is 4.79. The molecule has 0 amide bonds. The minimum absolute atomic E-state index is 0.117. The van der Waals surface area contributed by atoms with Crippen LogP contribution in [0.5, 0.6) is 0 Å². The van der Waals surface area contributed by atoms with Gasteiger partial charge in [-0.3, -0.25) is 4.99 Å². The van der Waals surface area contributed by atoms with Gasteiger partial charge in [-0.2, -0.15) is 0 Å². The van der Waals surface area contributed by atoms with Crippen molar-refractivity contribution in [3.63, 3.8) is 0 Å². The Morgan fingerprint density at radius 2 is 1.89 bits per heavy atom. The molecular weight excluding hydrogens is 423 g/mol. The van der Waals surface area contributed by atoms with E-state index in [9.17, 15) is 8.42 Å². The third kappa shape index (κ3) is 3.99. The molecule has 0 aromatic heterocycles. The average Bonchev–Trinajstić information content (AvgIpc) is 3.06. The Balaban J connectivity index is 1.61. The number of fused-ring (bicyclic) bond motifs is 1. The first-order chi connectivity index (χ1) is 12.8. The molecule has 2 aliphatic heterocycles. The van der Waals surface area contributed by atoms with Gasteiger partial charge in [0.25, 0.3) is 0 Å². The summed E-state index contributed by atoms with van der Waals surface area (Å²) in [7, 11) is -3.05. The minimum Gasteiger partial charge on any atom is -0.315 e. The number of anilines is 1. The lowest BCUT2D eigenvalue weighted by Crippen LogP contribution is -2.39. The Labute approximate surface area is 173 Å². The molecular formula is C19H18Cl2N2O2S2. The second kappa shape index (κ2) is 7.32. The largest absolute Gasteiger partial charge is 0.315 e. The van der Waals surface area contributed by atoms with E-state index < -0.39 is 9.84 Å². The summed E-state index contributed by atoms with van der Waals surface area (Å²) in [6.07, 6.45) is 0. The van der Waals surface area contributed by atoms with Gasteiger partial charge in [-0.05, 0) is 36.8 Å². The molecule has 0 spiro atoms. The molecule has 2 aliphatic rings. The van der Waals surface area contributed by atoms with Gasteiger partial charge in [0.05, 0.1) is 23.6 Å². The van der Waals surface area contributed by atoms with Crippen molar-refractivity contribution >= 4 is 55.7 Å². The molecule has 2 heterocycles. The summed E-state index contributed by atoms with van der Waals surface area (Å²) in [6.45, 7) is 2.03. The van der Waals surface area contributed by atoms with Crippen LogP contribution < -0.4 is 4.90 Å². The Kier molecular flexibility index (Phi) is 5.18. The SMILES string of the molecule is Cc1ccc(N2C(SCc3ccc(Cl)cc3Cl)=N[C@H]3CS(=O)(=O)C[C@@H]32)cc1. The van der Waals surface area contributed by atoms with Crippen LogP contribution in [0.1, 0.15) is 11.1 Å². The Morgan fingerprint density at radius 3 is 2.59 bits per heavy atom. The monoisotopic (exact) mass is 440 g/mol. The van der Waals surface area contributed by atoms with Crippen molar-refractivity contribution in [2.24, 2.45) is 4.99 Å².